The van der Waals surface area contributed by atoms with Gasteiger partial charge in [0.2, 0.25) is 0 Å². The largest absolute Gasteiger partial charge is 0.414 e. The molecule has 9 heteroatoms. The molecule has 3 atom stereocenters. The van der Waals surface area contributed by atoms with E-state index in [4.69, 9.17) is 13.6 Å². The summed E-state index contributed by atoms with van der Waals surface area (Å²) in [5.74, 6) is 0. The summed E-state index contributed by atoms with van der Waals surface area (Å²) in [7, 11) is -4.02. The predicted molar refractivity (Wildman–Crippen MR) is 130 cm³/mol. The molecule has 2 heterocycles. The van der Waals surface area contributed by atoms with Crippen molar-refractivity contribution in [3.05, 3.63) is 32.6 Å². The Morgan fingerprint density at radius 1 is 1.06 bits per heavy atom. The molecular weight excluding hydrogens is 428 g/mol. The number of nitrogens with zero attached hydrogens (tertiary/aromatic N) is 1. The van der Waals surface area contributed by atoms with Gasteiger partial charge in [0, 0.05) is 18.2 Å². The van der Waals surface area contributed by atoms with Crippen LogP contribution in [0.2, 0.25) is 36.3 Å². The number of aromatic nitrogens is 2. The van der Waals surface area contributed by atoms with Gasteiger partial charge < -0.3 is 13.6 Å². The number of H-pyrrole nitrogens is 1. The number of nitrogens with one attached hydrogen (secondary N) is 1. The molecule has 0 bridgehead atoms. The van der Waals surface area contributed by atoms with E-state index < -0.39 is 28.6 Å². The van der Waals surface area contributed by atoms with Crippen molar-refractivity contribution >= 4 is 16.6 Å². The fourth-order valence-electron chi connectivity index (χ4n) is 3.01. The molecule has 31 heavy (non-hydrogen) atoms. The molecule has 0 amide bonds. The highest BCUT2D eigenvalue weighted by molar-refractivity contribution is 6.74. The van der Waals surface area contributed by atoms with Gasteiger partial charge in [0.15, 0.2) is 16.6 Å². The molecule has 2 rings (SSSR count). The molecule has 0 aliphatic carbocycles. The van der Waals surface area contributed by atoms with Gasteiger partial charge in [-0.3, -0.25) is 14.3 Å². The zero-order chi connectivity index (χ0) is 24.0. The number of hydrogen-bond donors (Lipinski definition) is 1. The normalized spacial score (nSPS) is 23.4. The Morgan fingerprint density at radius 2 is 1.61 bits per heavy atom. The molecule has 1 aromatic rings. The molecule has 178 valence electrons. The topological polar surface area (TPSA) is 82.6 Å². The average Bonchev–Trinajstić information content (AvgIpc) is 2.96. The molecule has 1 aliphatic rings. The van der Waals surface area contributed by atoms with Crippen LogP contribution in [0, 0.1) is 6.92 Å². The van der Waals surface area contributed by atoms with Crippen molar-refractivity contribution in [2.24, 2.45) is 0 Å². The van der Waals surface area contributed by atoms with E-state index in [9.17, 15) is 9.59 Å². The van der Waals surface area contributed by atoms with Crippen LogP contribution in [0.4, 0.5) is 0 Å². The molecule has 0 unspecified atom stereocenters. The van der Waals surface area contributed by atoms with Crippen molar-refractivity contribution < 1.29 is 13.6 Å². The Morgan fingerprint density at radius 3 is 2.13 bits per heavy atom. The third-order valence-electron chi connectivity index (χ3n) is 7.30. The van der Waals surface area contributed by atoms with E-state index in [1.165, 1.54) is 4.57 Å². The second-order valence-corrected chi connectivity index (χ2v) is 21.4. The van der Waals surface area contributed by atoms with E-state index in [1.807, 2.05) is 0 Å². The highest BCUT2D eigenvalue weighted by Crippen LogP contribution is 2.42. The van der Waals surface area contributed by atoms with E-state index in [-0.39, 0.29) is 27.8 Å². The molecule has 7 nitrogen and oxygen atoms in total. The fraction of sp³-hybridized carbons (Fsp3) is 0.818. The Labute approximate surface area is 188 Å². The first-order chi connectivity index (χ1) is 13.9. The number of aryl methyl sites for hydroxylation is 1. The van der Waals surface area contributed by atoms with Crippen LogP contribution in [0.25, 0.3) is 0 Å². The van der Waals surface area contributed by atoms with Gasteiger partial charge in [-0.05, 0) is 43.2 Å². The summed E-state index contributed by atoms with van der Waals surface area (Å²) in [5, 5.41) is 0.148. The first-order valence-corrected chi connectivity index (χ1v) is 17.0. The number of aromatic amines is 1. The van der Waals surface area contributed by atoms with E-state index in [0.717, 1.165) is 0 Å². The van der Waals surface area contributed by atoms with Crippen LogP contribution < -0.4 is 11.2 Å². The molecule has 1 N–H and O–H groups in total. The van der Waals surface area contributed by atoms with Crippen molar-refractivity contribution in [3.8, 4) is 0 Å². The van der Waals surface area contributed by atoms with Gasteiger partial charge in [0.25, 0.3) is 5.56 Å². The van der Waals surface area contributed by atoms with Crippen molar-refractivity contribution in [3.63, 3.8) is 0 Å². The summed E-state index contributed by atoms with van der Waals surface area (Å²) in [6, 6.07) is 0. The average molecular weight is 471 g/mol. The zero-order valence-corrected chi connectivity index (χ0v) is 23.2. The number of hydrogen-bond acceptors (Lipinski definition) is 5. The van der Waals surface area contributed by atoms with Gasteiger partial charge >= 0.3 is 5.69 Å². The van der Waals surface area contributed by atoms with Crippen LogP contribution in [0.5, 0.6) is 0 Å². The van der Waals surface area contributed by atoms with Gasteiger partial charge in [0.05, 0.1) is 12.7 Å². The standard InChI is InChI=1S/C22H42N2O5Si2/c1-15-13-24(20(26)23-19(15)25)18-12-16(29-31(10,11)22(5,6)7)17(28-18)14-27-30(8,9)21(2,3)4/h13,16-18H,12,14H2,1-11H3,(H,23,25,26)/t16-,17-,18-/m1/s1. The minimum absolute atomic E-state index is 0.0569. The molecule has 1 saturated heterocycles. The van der Waals surface area contributed by atoms with Gasteiger partial charge in [-0.25, -0.2) is 4.79 Å². The van der Waals surface area contributed by atoms with Gasteiger partial charge in [-0.2, -0.15) is 0 Å². The van der Waals surface area contributed by atoms with E-state index in [2.05, 4.69) is 72.7 Å². The SMILES string of the molecule is Cc1cn([C@H]2C[C@@H](O[Si](C)(C)C(C)(C)C)[C@@H](CO[Si](C)(C)C(C)(C)C)O2)c(=O)[nH]c1=O. The summed E-state index contributed by atoms with van der Waals surface area (Å²) in [4.78, 5) is 26.6. The third-order valence-corrected chi connectivity index (χ3v) is 16.3. The number of ether oxygens (including phenoxy) is 1. The highest BCUT2D eigenvalue weighted by atomic mass is 28.4. The Balaban J connectivity index is 2.32. The third kappa shape index (κ3) is 5.87. The summed E-state index contributed by atoms with van der Waals surface area (Å²) < 4.78 is 21.0. The molecule has 0 radical (unpaired) electrons. The lowest BCUT2D eigenvalue weighted by Gasteiger charge is -2.40. The summed E-state index contributed by atoms with van der Waals surface area (Å²) in [6.45, 7) is 24.3. The smallest absolute Gasteiger partial charge is 0.330 e. The maximum absolute atomic E-state index is 12.5. The lowest BCUT2D eigenvalue weighted by Crippen LogP contribution is -2.48. The van der Waals surface area contributed by atoms with Crippen LogP contribution in [0.1, 0.15) is 59.8 Å². The monoisotopic (exact) mass is 470 g/mol. The molecular formula is C22H42N2O5Si2. The maximum Gasteiger partial charge on any atom is 0.330 e. The zero-order valence-electron chi connectivity index (χ0n) is 21.2. The quantitative estimate of drug-likeness (QED) is 0.617. The minimum atomic E-state index is -2.06. The van der Waals surface area contributed by atoms with Gasteiger partial charge in [0.1, 0.15) is 12.3 Å². The van der Waals surface area contributed by atoms with Crippen LogP contribution in [-0.4, -0.2) is 45.0 Å². The van der Waals surface area contributed by atoms with Crippen molar-refractivity contribution in [1.29, 1.82) is 0 Å². The Hall–Kier alpha value is -1.01. The number of rotatable bonds is 6. The summed E-state index contributed by atoms with van der Waals surface area (Å²) >= 11 is 0. The Kier molecular flexibility index (Phi) is 7.40. The molecule has 0 saturated carbocycles. The van der Waals surface area contributed by atoms with E-state index >= 15 is 0 Å². The summed E-state index contributed by atoms with van der Waals surface area (Å²) in [5.41, 5.74) is -0.352. The fourth-order valence-corrected chi connectivity index (χ4v) is 5.38. The van der Waals surface area contributed by atoms with Crippen molar-refractivity contribution in [1.82, 2.24) is 9.55 Å². The first-order valence-electron chi connectivity index (χ1n) is 11.1. The van der Waals surface area contributed by atoms with Crippen molar-refractivity contribution in [2.75, 3.05) is 6.61 Å². The van der Waals surface area contributed by atoms with Crippen LogP contribution in [0.15, 0.2) is 15.8 Å². The highest BCUT2D eigenvalue weighted by Gasteiger charge is 2.46. The van der Waals surface area contributed by atoms with E-state index in [0.29, 0.717) is 18.6 Å². The van der Waals surface area contributed by atoms with Crippen LogP contribution in [-0.2, 0) is 13.6 Å². The van der Waals surface area contributed by atoms with Crippen LogP contribution >= 0.6 is 0 Å². The first kappa shape index (κ1) is 26.2. The lowest BCUT2D eigenvalue weighted by molar-refractivity contribution is -0.0413. The second-order valence-electron chi connectivity index (χ2n) is 11.8. The second kappa shape index (κ2) is 8.74. The van der Waals surface area contributed by atoms with Gasteiger partial charge in [-0.1, -0.05) is 41.5 Å². The molecule has 1 aromatic heterocycles. The van der Waals surface area contributed by atoms with Crippen LogP contribution in [0.3, 0.4) is 0 Å². The summed E-state index contributed by atoms with van der Waals surface area (Å²) in [6.07, 6.45) is 1.18. The minimum Gasteiger partial charge on any atom is -0.414 e. The predicted octanol–water partition coefficient (Wildman–Crippen LogP) is 4.54. The molecule has 0 aromatic carbocycles. The molecule has 0 spiro atoms. The maximum atomic E-state index is 12.5. The Bertz CT molecular complexity index is 893. The van der Waals surface area contributed by atoms with E-state index in [1.54, 1.807) is 13.1 Å². The van der Waals surface area contributed by atoms with Gasteiger partial charge in [-0.15, -0.1) is 0 Å². The van der Waals surface area contributed by atoms with Crippen molar-refractivity contribution in [2.45, 2.75) is 110 Å². The lowest BCUT2D eigenvalue weighted by atomic mass is 10.2. The molecule has 1 fully saturated rings. The molecule has 1 aliphatic heterocycles.